The van der Waals surface area contributed by atoms with Gasteiger partial charge in [-0.3, -0.25) is 0 Å². The Kier molecular flexibility index (Phi) is 2.97. The lowest BCUT2D eigenvalue weighted by atomic mass is 10.1. The summed E-state index contributed by atoms with van der Waals surface area (Å²) < 4.78 is 0. The molecule has 2 aromatic carbocycles. The highest BCUT2D eigenvalue weighted by molar-refractivity contribution is 5.93. The minimum Gasteiger partial charge on any atom is -0.383 e. The highest BCUT2D eigenvalue weighted by atomic mass is 15.0. The molecule has 2 heteroatoms. The van der Waals surface area contributed by atoms with E-state index >= 15 is 0 Å². The van der Waals surface area contributed by atoms with Gasteiger partial charge in [0.1, 0.15) is 0 Å². The zero-order valence-electron chi connectivity index (χ0n) is 9.95. The molecule has 0 saturated carbocycles. The fourth-order valence-corrected chi connectivity index (χ4v) is 2.54. The van der Waals surface area contributed by atoms with Crippen molar-refractivity contribution in [2.45, 2.75) is 18.9 Å². The maximum atomic E-state index is 3.57. The second-order valence-corrected chi connectivity index (χ2v) is 4.70. The molecule has 3 rings (SSSR count). The van der Waals surface area contributed by atoms with Gasteiger partial charge in [0.15, 0.2) is 0 Å². The quantitative estimate of drug-likeness (QED) is 0.840. The van der Waals surface area contributed by atoms with Crippen LogP contribution < -0.4 is 10.6 Å². The molecule has 0 aromatic heterocycles. The van der Waals surface area contributed by atoms with Gasteiger partial charge in [0.25, 0.3) is 0 Å². The van der Waals surface area contributed by atoms with E-state index in [9.17, 15) is 0 Å². The van der Waals surface area contributed by atoms with E-state index in [1.807, 2.05) is 0 Å². The molecule has 0 spiro atoms. The van der Waals surface area contributed by atoms with Crippen LogP contribution in [-0.4, -0.2) is 19.1 Å². The zero-order valence-corrected chi connectivity index (χ0v) is 9.95. The lowest BCUT2D eigenvalue weighted by Crippen LogP contribution is -2.29. The molecule has 0 radical (unpaired) electrons. The average Bonchev–Trinajstić information content (AvgIpc) is 2.89. The number of hydrogen-bond acceptors (Lipinski definition) is 2. The number of rotatable bonds is 3. The van der Waals surface area contributed by atoms with Crippen LogP contribution in [-0.2, 0) is 0 Å². The third-order valence-corrected chi connectivity index (χ3v) is 3.49. The molecule has 0 amide bonds. The average molecular weight is 226 g/mol. The molecule has 0 aliphatic carbocycles. The maximum Gasteiger partial charge on any atom is 0.0420 e. The summed E-state index contributed by atoms with van der Waals surface area (Å²) in [4.78, 5) is 0. The molecular formula is C15H18N2. The van der Waals surface area contributed by atoms with E-state index in [4.69, 9.17) is 0 Å². The molecule has 1 aliphatic heterocycles. The largest absolute Gasteiger partial charge is 0.383 e. The van der Waals surface area contributed by atoms with Gasteiger partial charge in [-0.2, -0.15) is 0 Å². The van der Waals surface area contributed by atoms with E-state index in [2.05, 4.69) is 53.1 Å². The lowest BCUT2D eigenvalue weighted by molar-refractivity contribution is 0.634. The molecule has 1 atom stereocenters. The van der Waals surface area contributed by atoms with Crippen molar-refractivity contribution < 1.29 is 0 Å². The molecule has 1 fully saturated rings. The summed E-state index contributed by atoms with van der Waals surface area (Å²) >= 11 is 0. The Hall–Kier alpha value is -1.54. The SMILES string of the molecule is c1ccc2c(NC[C@H]3CCCN3)cccc2c1. The van der Waals surface area contributed by atoms with Crippen LogP contribution in [0, 0.1) is 0 Å². The van der Waals surface area contributed by atoms with Crippen LogP contribution in [0.1, 0.15) is 12.8 Å². The van der Waals surface area contributed by atoms with Gasteiger partial charge in [0.2, 0.25) is 0 Å². The Morgan fingerprint density at radius 2 is 2.00 bits per heavy atom. The topological polar surface area (TPSA) is 24.1 Å². The van der Waals surface area contributed by atoms with Crippen molar-refractivity contribution in [1.82, 2.24) is 5.32 Å². The smallest absolute Gasteiger partial charge is 0.0420 e. The van der Waals surface area contributed by atoms with Gasteiger partial charge in [0, 0.05) is 23.7 Å². The summed E-state index contributed by atoms with van der Waals surface area (Å²) in [6, 6.07) is 15.6. The van der Waals surface area contributed by atoms with E-state index in [1.165, 1.54) is 35.8 Å². The minimum atomic E-state index is 0.633. The summed E-state index contributed by atoms with van der Waals surface area (Å²) in [6.45, 7) is 2.19. The molecule has 2 nitrogen and oxygen atoms in total. The summed E-state index contributed by atoms with van der Waals surface area (Å²) in [7, 11) is 0. The Morgan fingerprint density at radius 3 is 2.88 bits per heavy atom. The molecule has 17 heavy (non-hydrogen) atoms. The minimum absolute atomic E-state index is 0.633. The lowest BCUT2D eigenvalue weighted by Gasteiger charge is -2.14. The highest BCUT2D eigenvalue weighted by Gasteiger charge is 2.13. The van der Waals surface area contributed by atoms with Crippen molar-refractivity contribution in [3.05, 3.63) is 42.5 Å². The first-order chi connectivity index (χ1) is 8.43. The number of hydrogen-bond donors (Lipinski definition) is 2. The van der Waals surface area contributed by atoms with Crippen molar-refractivity contribution in [2.75, 3.05) is 18.4 Å². The predicted molar refractivity (Wildman–Crippen MR) is 73.5 cm³/mol. The number of fused-ring (bicyclic) bond motifs is 1. The second-order valence-electron chi connectivity index (χ2n) is 4.70. The van der Waals surface area contributed by atoms with Gasteiger partial charge in [0.05, 0.1) is 0 Å². The summed E-state index contributed by atoms with van der Waals surface area (Å²) in [6.07, 6.45) is 2.60. The van der Waals surface area contributed by atoms with Crippen LogP contribution in [0.3, 0.4) is 0 Å². The summed E-state index contributed by atoms with van der Waals surface area (Å²) in [5.41, 5.74) is 1.25. The highest BCUT2D eigenvalue weighted by Crippen LogP contribution is 2.23. The van der Waals surface area contributed by atoms with E-state index in [0.29, 0.717) is 6.04 Å². The first kappa shape index (κ1) is 10.6. The molecule has 0 unspecified atom stereocenters. The Balaban J connectivity index is 1.79. The standard InChI is InChI=1S/C15H18N2/c1-2-8-14-12(5-1)6-3-9-15(14)17-11-13-7-4-10-16-13/h1-3,5-6,8-9,13,16-17H,4,7,10-11H2/t13-/m1/s1. The van der Waals surface area contributed by atoms with Crippen LogP contribution in [0.5, 0.6) is 0 Å². The molecule has 0 bridgehead atoms. The summed E-state index contributed by atoms with van der Waals surface area (Å²) in [5.74, 6) is 0. The van der Waals surface area contributed by atoms with Crippen molar-refractivity contribution >= 4 is 16.5 Å². The Labute approximate surface area is 102 Å². The number of nitrogens with one attached hydrogen (secondary N) is 2. The second kappa shape index (κ2) is 4.76. The van der Waals surface area contributed by atoms with Gasteiger partial charge in [-0.15, -0.1) is 0 Å². The van der Waals surface area contributed by atoms with Crippen LogP contribution in [0.4, 0.5) is 5.69 Å². The number of anilines is 1. The molecular weight excluding hydrogens is 208 g/mol. The van der Waals surface area contributed by atoms with E-state index in [1.54, 1.807) is 0 Å². The molecule has 2 N–H and O–H groups in total. The molecule has 2 aromatic rings. The first-order valence-electron chi connectivity index (χ1n) is 6.38. The van der Waals surface area contributed by atoms with Crippen LogP contribution in [0.25, 0.3) is 10.8 Å². The maximum absolute atomic E-state index is 3.57. The molecule has 1 saturated heterocycles. The number of benzene rings is 2. The third kappa shape index (κ3) is 2.27. The van der Waals surface area contributed by atoms with Crippen LogP contribution in [0.15, 0.2) is 42.5 Å². The van der Waals surface area contributed by atoms with Gasteiger partial charge < -0.3 is 10.6 Å². The van der Waals surface area contributed by atoms with Crippen molar-refractivity contribution in [3.8, 4) is 0 Å². The molecule has 1 aliphatic rings. The van der Waals surface area contributed by atoms with Gasteiger partial charge in [-0.05, 0) is 30.8 Å². The third-order valence-electron chi connectivity index (χ3n) is 3.49. The van der Waals surface area contributed by atoms with Crippen molar-refractivity contribution in [1.29, 1.82) is 0 Å². The summed E-state index contributed by atoms with van der Waals surface area (Å²) in [5, 5.41) is 9.70. The monoisotopic (exact) mass is 226 g/mol. The van der Waals surface area contributed by atoms with E-state index in [0.717, 1.165) is 6.54 Å². The van der Waals surface area contributed by atoms with Crippen molar-refractivity contribution in [3.63, 3.8) is 0 Å². The van der Waals surface area contributed by atoms with Crippen LogP contribution in [0.2, 0.25) is 0 Å². The Morgan fingerprint density at radius 1 is 1.12 bits per heavy atom. The van der Waals surface area contributed by atoms with E-state index < -0.39 is 0 Å². The normalized spacial score (nSPS) is 19.6. The van der Waals surface area contributed by atoms with Gasteiger partial charge in [-0.25, -0.2) is 0 Å². The first-order valence-corrected chi connectivity index (χ1v) is 6.38. The Bertz CT molecular complexity index is 496. The van der Waals surface area contributed by atoms with Crippen LogP contribution >= 0.6 is 0 Å². The van der Waals surface area contributed by atoms with Gasteiger partial charge >= 0.3 is 0 Å². The van der Waals surface area contributed by atoms with Crippen molar-refractivity contribution in [2.24, 2.45) is 0 Å². The predicted octanol–water partition coefficient (Wildman–Crippen LogP) is 3.00. The van der Waals surface area contributed by atoms with E-state index in [-0.39, 0.29) is 0 Å². The molecule has 88 valence electrons. The fourth-order valence-electron chi connectivity index (χ4n) is 2.54. The zero-order chi connectivity index (χ0) is 11.5. The van der Waals surface area contributed by atoms with Gasteiger partial charge in [-0.1, -0.05) is 36.4 Å². The molecule has 1 heterocycles. The fraction of sp³-hybridized carbons (Fsp3) is 0.333.